The van der Waals surface area contributed by atoms with Crippen molar-refractivity contribution >= 4 is 33.0 Å². The SMILES string of the molecule is NCC1c2ccc(Cl)c(Cl)c2CN1C1CCS(=O)(=O)C1. The molecule has 20 heavy (non-hydrogen) atoms. The summed E-state index contributed by atoms with van der Waals surface area (Å²) in [5.41, 5.74) is 7.96. The van der Waals surface area contributed by atoms with E-state index in [-0.39, 0.29) is 23.6 Å². The first-order chi connectivity index (χ1) is 9.43. The first-order valence-electron chi connectivity index (χ1n) is 6.56. The normalized spacial score (nSPS) is 28.8. The van der Waals surface area contributed by atoms with E-state index >= 15 is 0 Å². The first kappa shape index (κ1) is 14.6. The third-order valence-corrected chi connectivity index (χ3v) is 6.83. The molecule has 1 fully saturated rings. The Morgan fingerprint density at radius 2 is 2.10 bits per heavy atom. The highest BCUT2D eigenvalue weighted by molar-refractivity contribution is 7.91. The molecule has 0 aromatic heterocycles. The molecule has 1 aromatic carbocycles. The van der Waals surface area contributed by atoms with Crippen LogP contribution in [0.1, 0.15) is 23.6 Å². The number of fused-ring (bicyclic) bond motifs is 1. The second-order valence-corrected chi connectivity index (χ2v) is 8.42. The number of hydrogen-bond acceptors (Lipinski definition) is 4. The lowest BCUT2D eigenvalue weighted by Crippen LogP contribution is -2.37. The van der Waals surface area contributed by atoms with Gasteiger partial charge in [0.25, 0.3) is 0 Å². The van der Waals surface area contributed by atoms with Gasteiger partial charge in [0.2, 0.25) is 0 Å². The molecular weight excluding hydrogens is 319 g/mol. The van der Waals surface area contributed by atoms with Gasteiger partial charge in [-0.2, -0.15) is 0 Å². The van der Waals surface area contributed by atoms with Crippen LogP contribution in [0.3, 0.4) is 0 Å². The van der Waals surface area contributed by atoms with Crippen molar-refractivity contribution in [3.8, 4) is 0 Å². The Morgan fingerprint density at radius 3 is 2.70 bits per heavy atom. The van der Waals surface area contributed by atoms with E-state index in [1.165, 1.54) is 0 Å². The van der Waals surface area contributed by atoms with Crippen molar-refractivity contribution in [2.24, 2.45) is 5.73 Å². The number of sulfone groups is 1. The van der Waals surface area contributed by atoms with Crippen LogP contribution in [-0.4, -0.2) is 37.4 Å². The van der Waals surface area contributed by atoms with Gasteiger partial charge in [0.05, 0.1) is 21.6 Å². The fourth-order valence-electron chi connectivity index (χ4n) is 3.23. The zero-order valence-corrected chi connectivity index (χ0v) is 13.2. The van der Waals surface area contributed by atoms with Gasteiger partial charge in [0.15, 0.2) is 9.84 Å². The maximum Gasteiger partial charge on any atom is 0.151 e. The third-order valence-electron chi connectivity index (χ3n) is 4.23. The molecule has 2 aliphatic heterocycles. The monoisotopic (exact) mass is 334 g/mol. The lowest BCUT2D eigenvalue weighted by atomic mass is 10.0. The molecule has 3 rings (SSSR count). The number of hydrogen-bond donors (Lipinski definition) is 1. The smallest absolute Gasteiger partial charge is 0.151 e. The number of benzene rings is 1. The van der Waals surface area contributed by atoms with Crippen LogP contribution in [-0.2, 0) is 16.4 Å². The summed E-state index contributed by atoms with van der Waals surface area (Å²) in [6, 6.07) is 3.78. The predicted octanol–water partition coefficient (Wildman–Crippen LogP) is 2.00. The molecule has 2 aliphatic rings. The van der Waals surface area contributed by atoms with Crippen LogP contribution >= 0.6 is 23.2 Å². The summed E-state index contributed by atoms with van der Waals surface area (Å²) in [5, 5.41) is 1.09. The van der Waals surface area contributed by atoms with Gasteiger partial charge in [0, 0.05) is 25.2 Å². The summed E-state index contributed by atoms with van der Waals surface area (Å²) in [7, 11) is -2.91. The summed E-state index contributed by atoms with van der Waals surface area (Å²) in [5.74, 6) is 0.471. The summed E-state index contributed by atoms with van der Waals surface area (Å²) in [6.07, 6.45) is 0.665. The van der Waals surface area contributed by atoms with Gasteiger partial charge in [-0.3, -0.25) is 4.90 Å². The van der Waals surface area contributed by atoms with Gasteiger partial charge in [-0.25, -0.2) is 8.42 Å². The zero-order valence-electron chi connectivity index (χ0n) is 10.9. The standard InChI is InChI=1S/C13H16Cl2N2O2S/c14-11-2-1-9-10(13(11)15)6-17(12(9)5-16)8-3-4-20(18,19)7-8/h1-2,8,12H,3-7,16H2. The second-order valence-electron chi connectivity index (χ2n) is 5.41. The molecular formula is C13H16Cl2N2O2S. The molecule has 0 amide bonds. The van der Waals surface area contributed by atoms with Crippen LogP contribution in [0, 0.1) is 0 Å². The largest absolute Gasteiger partial charge is 0.329 e. The van der Waals surface area contributed by atoms with Crippen LogP contribution < -0.4 is 5.73 Å². The molecule has 7 heteroatoms. The van der Waals surface area contributed by atoms with Crippen molar-refractivity contribution in [2.75, 3.05) is 18.1 Å². The lowest BCUT2D eigenvalue weighted by Gasteiger charge is -2.29. The number of nitrogens with two attached hydrogens (primary N) is 1. The van der Waals surface area contributed by atoms with E-state index in [4.69, 9.17) is 28.9 Å². The minimum absolute atomic E-state index is 0.0239. The van der Waals surface area contributed by atoms with E-state index in [1.807, 2.05) is 6.07 Å². The average molecular weight is 335 g/mol. The van der Waals surface area contributed by atoms with Crippen molar-refractivity contribution in [3.63, 3.8) is 0 Å². The minimum atomic E-state index is -2.91. The van der Waals surface area contributed by atoms with Crippen molar-refractivity contribution < 1.29 is 8.42 Å². The maximum absolute atomic E-state index is 11.7. The van der Waals surface area contributed by atoms with Gasteiger partial charge >= 0.3 is 0 Å². The molecule has 2 unspecified atom stereocenters. The maximum atomic E-state index is 11.7. The van der Waals surface area contributed by atoms with E-state index in [0.717, 1.165) is 11.1 Å². The van der Waals surface area contributed by atoms with E-state index in [9.17, 15) is 8.42 Å². The molecule has 1 saturated heterocycles. The highest BCUT2D eigenvalue weighted by atomic mass is 35.5. The highest BCUT2D eigenvalue weighted by Crippen LogP contribution is 2.42. The molecule has 2 N–H and O–H groups in total. The molecule has 2 heterocycles. The van der Waals surface area contributed by atoms with Crippen LogP contribution in [0.2, 0.25) is 10.0 Å². The lowest BCUT2D eigenvalue weighted by molar-refractivity contribution is 0.164. The van der Waals surface area contributed by atoms with Crippen molar-refractivity contribution in [1.82, 2.24) is 4.90 Å². The van der Waals surface area contributed by atoms with Crippen LogP contribution in [0.4, 0.5) is 0 Å². The molecule has 4 nitrogen and oxygen atoms in total. The summed E-state index contributed by atoms with van der Waals surface area (Å²) in [6.45, 7) is 1.07. The summed E-state index contributed by atoms with van der Waals surface area (Å²) >= 11 is 12.3. The number of halogens is 2. The van der Waals surface area contributed by atoms with E-state index in [0.29, 0.717) is 29.6 Å². The van der Waals surface area contributed by atoms with Gasteiger partial charge < -0.3 is 5.73 Å². The van der Waals surface area contributed by atoms with Crippen LogP contribution in [0.5, 0.6) is 0 Å². The van der Waals surface area contributed by atoms with Gasteiger partial charge in [0.1, 0.15) is 0 Å². The Hall–Kier alpha value is -0.330. The third kappa shape index (κ3) is 2.35. The first-order valence-corrected chi connectivity index (χ1v) is 9.13. The Bertz CT molecular complexity index is 648. The fourth-order valence-corrected chi connectivity index (χ4v) is 5.39. The predicted molar refractivity (Wildman–Crippen MR) is 80.9 cm³/mol. The highest BCUT2D eigenvalue weighted by Gasteiger charge is 2.40. The molecule has 0 spiro atoms. The van der Waals surface area contributed by atoms with Gasteiger partial charge in [-0.15, -0.1) is 0 Å². The quantitative estimate of drug-likeness (QED) is 0.898. The molecule has 2 atom stereocenters. The Balaban J connectivity index is 1.95. The molecule has 0 bridgehead atoms. The summed E-state index contributed by atoms with van der Waals surface area (Å²) in [4.78, 5) is 2.16. The number of rotatable bonds is 2. The molecule has 0 aliphatic carbocycles. The van der Waals surface area contributed by atoms with Crippen molar-refractivity contribution in [2.45, 2.75) is 25.0 Å². The Labute approximate surface area is 128 Å². The van der Waals surface area contributed by atoms with Crippen molar-refractivity contribution in [1.29, 1.82) is 0 Å². The molecule has 0 saturated carbocycles. The summed E-state index contributed by atoms with van der Waals surface area (Å²) < 4.78 is 23.4. The van der Waals surface area contributed by atoms with E-state index < -0.39 is 9.84 Å². The molecule has 0 radical (unpaired) electrons. The Morgan fingerprint density at radius 1 is 1.35 bits per heavy atom. The van der Waals surface area contributed by atoms with Crippen LogP contribution in [0.25, 0.3) is 0 Å². The van der Waals surface area contributed by atoms with Crippen molar-refractivity contribution in [3.05, 3.63) is 33.3 Å². The topological polar surface area (TPSA) is 63.4 Å². The van der Waals surface area contributed by atoms with E-state index in [1.54, 1.807) is 6.07 Å². The zero-order chi connectivity index (χ0) is 14.5. The molecule has 1 aromatic rings. The minimum Gasteiger partial charge on any atom is -0.329 e. The van der Waals surface area contributed by atoms with E-state index in [2.05, 4.69) is 4.90 Å². The second kappa shape index (κ2) is 5.14. The van der Waals surface area contributed by atoms with Gasteiger partial charge in [-0.05, 0) is 23.6 Å². The number of nitrogens with zero attached hydrogens (tertiary/aromatic N) is 1. The van der Waals surface area contributed by atoms with Gasteiger partial charge in [-0.1, -0.05) is 29.3 Å². The fraction of sp³-hybridized carbons (Fsp3) is 0.538. The molecule has 110 valence electrons. The van der Waals surface area contributed by atoms with Crippen LogP contribution in [0.15, 0.2) is 12.1 Å². The Kier molecular flexibility index (Phi) is 3.75. The average Bonchev–Trinajstić information content (AvgIpc) is 2.94.